The zero-order valence-electron chi connectivity index (χ0n) is 12.8. The van der Waals surface area contributed by atoms with E-state index in [1.807, 2.05) is 0 Å². The predicted molar refractivity (Wildman–Crippen MR) is 89.9 cm³/mol. The van der Waals surface area contributed by atoms with Gasteiger partial charge in [0.25, 0.3) is 5.56 Å². The van der Waals surface area contributed by atoms with E-state index in [1.165, 1.54) is 22.4 Å². The van der Waals surface area contributed by atoms with Crippen molar-refractivity contribution < 1.29 is 13.5 Å². The number of aromatic nitrogens is 2. The zero-order valence-corrected chi connectivity index (χ0v) is 13.6. The zero-order chi connectivity index (χ0) is 17.1. The number of nitrogens with zero attached hydrogens (tertiary/aromatic N) is 2. The van der Waals surface area contributed by atoms with Gasteiger partial charge < -0.3 is 4.74 Å². The first-order chi connectivity index (χ1) is 11.6. The molecular weight excluding hydrogens is 334 g/mol. The molecule has 0 amide bonds. The van der Waals surface area contributed by atoms with E-state index >= 15 is 0 Å². The van der Waals surface area contributed by atoms with Gasteiger partial charge in [-0.25, -0.2) is 13.8 Å². The van der Waals surface area contributed by atoms with Crippen LogP contribution in [0.15, 0.2) is 52.4 Å². The number of para-hydroxylation sites is 1. The van der Waals surface area contributed by atoms with Crippen LogP contribution >= 0.6 is 11.8 Å². The molecule has 3 aromatic rings. The van der Waals surface area contributed by atoms with Crippen molar-refractivity contribution in [3.8, 4) is 5.69 Å². The summed E-state index contributed by atoms with van der Waals surface area (Å²) in [6.45, 7) is 0.458. The normalized spacial score (nSPS) is 11.1. The molecule has 0 bridgehead atoms. The minimum atomic E-state index is -0.817. The van der Waals surface area contributed by atoms with Crippen LogP contribution in [0.4, 0.5) is 8.78 Å². The number of ether oxygens (including phenoxy) is 1. The standard InChI is InChI=1S/C17H14F2N2O2S/c1-23-8-9-24-17-20-14-5-3-2-4-12(14)16(22)21(17)15-7-6-11(18)10-13(15)19/h2-7,10H,8-9H2,1H3. The van der Waals surface area contributed by atoms with Crippen LogP contribution in [0.2, 0.25) is 0 Å². The summed E-state index contributed by atoms with van der Waals surface area (Å²) >= 11 is 1.27. The number of hydrogen-bond acceptors (Lipinski definition) is 4. The number of rotatable bonds is 5. The number of fused-ring (bicyclic) bond motifs is 1. The smallest absolute Gasteiger partial charge is 0.266 e. The van der Waals surface area contributed by atoms with Crippen molar-refractivity contribution in [2.45, 2.75) is 5.16 Å². The highest BCUT2D eigenvalue weighted by Gasteiger charge is 2.16. The van der Waals surface area contributed by atoms with E-state index in [0.29, 0.717) is 28.4 Å². The third-order valence-corrected chi connectivity index (χ3v) is 4.32. The maximum atomic E-state index is 14.2. The summed E-state index contributed by atoms with van der Waals surface area (Å²) in [5.74, 6) is -0.973. The summed E-state index contributed by atoms with van der Waals surface area (Å²) in [4.78, 5) is 17.3. The maximum absolute atomic E-state index is 14.2. The van der Waals surface area contributed by atoms with Gasteiger partial charge in [0.2, 0.25) is 0 Å². The molecule has 0 unspecified atom stereocenters. The molecule has 0 aliphatic carbocycles. The minimum Gasteiger partial charge on any atom is -0.384 e. The van der Waals surface area contributed by atoms with Gasteiger partial charge in [0, 0.05) is 18.9 Å². The van der Waals surface area contributed by atoms with Gasteiger partial charge in [-0.1, -0.05) is 23.9 Å². The number of thioether (sulfide) groups is 1. The molecule has 0 spiro atoms. The van der Waals surface area contributed by atoms with Gasteiger partial charge in [-0.2, -0.15) is 0 Å². The van der Waals surface area contributed by atoms with Crippen LogP contribution in [-0.2, 0) is 4.74 Å². The van der Waals surface area contributed by atoms with Crippen molar-refractivity contribution in [3.05, 3.63) is 64.5 Å². The van der Waals surface area contributed by atoms with Crippen LogP contribution in [0.1, 0.15) is 0 Å². The molecule has 7 heteroatoms. The lowest BCUT2D eigenvalue weighted by Gasteiger charge is -2.13. The Kier molecular flexibility index (Phi) is 4.92. The molecule has 1 aromatic heterocycles. The van der Waals surface area contributed by atoms with Crippen LogP contribution in [-0.4, -0.2) is 29.0 Å². The maximum Gasteiger partial charge on any atom is 0.266 e. The molecule has 0 atom stereocenters. The molecule has 0 saturated carbocycles. The first-order valence-electron chi connectivity index (χ1n) is 7.21. The third kappa shape index (κ3) is 3.18. The monoisotopic (exact) mass is 348 g/mol. The molecule has 0 saturated heterocycles. The molecule has 0 radical (unpaired) electrons. The van der Waals surface area contributed by atoms with Gasteiger partial charge in [-0.05, 0) is 24.3 Å². The van der Waals surface area contributed by atoms with E-state index in [4.69, 9.17) is 4.74 Å². The van der Waals surface area contributed by atoms with Crippen molar-refractivity contribution in [1.82, 2.24) is 9.55 Å². The molecule has 0 fully saturated rings. The fourth-order valence-electron chi connectivity index (χ4n) is 2.30. The van der Waals surface area contributed by atoms with Crippen LogP contribution in [0, 0.1) is 11.6 Å². The summed E-state index contributed by atoms with van der Waals surface area (Å²) in [6.07, 6.45) is 0. The van der Waals surface area contributed by atoms with E-state index < -0.39 is 17.2 Å². The van der Waals surface area contributed by atoms with Gasteiger partial charge >= 0.3 is 0 Å². The summed E-state index contributed by atoms with van der Waals surface area (Å²) in [5, 5.41) is 0.707. The SMILES string of the molecule is COCCSc1nc2ccccc2c(=O)n1-c1ccc(F)cc1F. The highest BCUT2D eigenvalue weighted by Crippen LogP contribution is 2.23. The van der Waals surface area contributed by atoms with E-state index in [2.05, 4.69) is 4.98 Å². The Morgan fingerprint density at radius 2 is 2.00 bits per heavy atom. The van der Waals surface area contributed by atoms with E-state index in [9.17, 15) is 13.6 Å². The Morgan fingerprint density at radius 3 is 2.75 bits per heavy atom. The number of benzene rings is 2. The summed E-state index contributed by atoms with van der Waals surface area (Å²) in [7, 11) is 1.57. The lowest BCUT2D eigenvalue weighted by atomic mass is 10.2. The largest absolute Gasteiger partial charge is 0.384 e. The molecule has 1 heterocycles. The van der Waals surface area contributed by atoms with Gasteiger partial charge in [0.1, 0.15) is 11.6 Å². The van der Waals surface area contributed by atoms with E-state index in [0.717, 1.165) is 12.1 Å². The Hall–Kier alpha value is -2.25. The molecule has 124 valence electrons. The van der Waals surface area contributed by atoms with Gasteiger partial charge in [0.15, 0.2) is 5.16 Å². The summed E-state index contributed by atoms with van der Waals surface area (Å²) in [5.41, 5.74) is 0.104. The van der Waals surface area contributed by atoms with Gasteiger partial charge in [-0.15, -0.1) is 0 Å². The average Bonchev–Trinajstić information content (AvgIpc) is 2.57. The topological polar surface area (TPSA) is 44.1 Å². The molecule has 0 N–H and O–H groups in total. The van der Waals surface area contributed by atoms with Crippen LogP contribution in [0.25, 0.3) is 16.6 Å². The van der Waals surface area contributed by atoms with Crippen molar-refractivity contribution >= 4 is 22.7 Å². The molecule has 2 aromatic carbocycles. The van der Waals surface area contributed by atoms with Crippen molar-refractivity contribution in [2.75, 3.05) is 19.5 Å². The Balaban J connectivity index is 2.24. The lowest BCUT2D eigenvalue weighted by Crippen LogP contribution is -2.23. The summed E-state index contributed by atoms with van der Waals surface area (Å²) in [6, 6.07) is 9.96. The molecule has 3 rings (SSSR count). The van der Waals surface area contributed by atoms with Crippen LogP contribution in [0.3, 0.4) is 0 Å². The van der Waals surface area contributed by atoms with Crippen molar-refractivity contribution in [3.63, 3.8) is 0 Å². The summed E-state index contributed by atoms with van der Waals surface area (Å²) < 4.78 is 33.6. The Morgan fingerprint density at radius 1 is 1.21 bits per heavy atom. The Labute approximate surface area is 141 Å². The van der Waals surface area contributed by atoms with Crippen molar-refractivity contribution in [1.29, 1.82) is 0 Å². The fraction of sp³-hybridized carbons (Fsp3) is 0.176. The van der Waals surface area contributed by atoms with Gasteiger partial charge in [0.05, 0.1) is 23.2 Å². The van der Waals surface area contributed by atoms with E-state index in [1.54, 1.807) is 31.4 Å². The lowest BCUT2D eigenvalue weighted by molar-refractivity contribution is 0.218. The molecule has 0 aliphatic heterocycles. The predicted octanol–water partition coefficient (Wildman–Crippen LogP) is 3.40. The highest BCUT2D eigenvalue weighted by molar-refractivity contribution is 7.99. The molecular formula is C17H14F2N2O2S. The number of halogens is 2. The van der Waals surface area contributed by atoms with Crippen LogP contribution in [0.5, 0.6) is 0 Å². The molecule has 0 aliphatic rings. The first-order valence-corrected chi connectivity index (χ1v) is 8.19. The first kappa shape index (κ1) is 16.6. The van der Waals surface area contributed by atoms with E-state index in [-0.39, 0.29) is 5.69 Å². The van der Waals surface area contributed by atoms with Gasteiger partial charge in [-0.3, -0.25) is 9.36 Å². The molecule has 24 heavy (non-hydrogen) atoms. The number of hydrogen-bond donors (Lipinski definition) is 0. The fourth-order valence-corrected chi connectivity index (χ4v) is 3.21. The second-order valence-corrected chi connectivity index (χ2v) is 6.05. The second-order valence-electron chi connectivity index (χ2n) is 4.99. The minimum absolute atomic E-state index is 0.0282. The number of methoxy groups -OCH3 is 1. The second kappa shape index (κ2) is 7.11. The Bertz CT molecular complexity index is 944. The van der Waals surface area contributed by atoms with Crippen LogP contribution < -0.4 is 5.56 Å². The third-order valence-electron chi connectivity index (χ3n) is 3.41. The quantitative estimate of drug-likeness (QED) is 0.403. The van der Waals surface area contributed by atoms with Crippen molar-refractivity contribution in [2.24, 2.45) is 0 Å². The highest BCUT2D eigenvalue weighted by atomic mass is 32.2. The average molecular weight is 348 g/mol. The molecule has 4 nitrogen and oxygen atoms in total.